The fourth-order valence-electron chi connectivity index (χ4n) is 2.87. The Balaban J connectivity index is 2.43. The van der Waals surface area contributed by atoms with Gasteiger partial charge in [-0.15, -0.1) is 0 Å². The third-order valence-corrected chi connectivity index (χ3v) is 5.11. The number of sulfone groups is 1. The van der Waals surface area contributed by atoms with Crippen molar-refractivity contribution < 1.29 is 8.42 Å². The van der Waals surface area contributed by atoms with Crippen molar-refractivity contribution in [3.63, 3.8) is 0 Å². The zero-order valence-corrected chi connectivity index (χ0v) is 14.0. The van der Waals surface area contributed by atoms with Gasteiger partial charge in [0.25, 0.3) is 0 Å². The molecule has 2 N–H and O–H groups in total. The lowest BCUT2D eigenvalue weighted by Gasteiger charge is -2.31. The molecule has 21 heavy (non-hydrogen) atoms. The first-order valence-corrected chi connectivity index (χ1v) is 9.55. The summed E-state index contributed by atoms with van der Waals surface area (Å²) < 4.78 is 25.9. The van der Waals surface area contributed by atoms with Gasteiger partial charge in [-0.2, -0.15) is 5.10 Å². The predicted molar refractivity (Wildman–Crippen MR) is 85.3 cm³/mol. The second-order valence-corrected chi connectivity index (χ2v) is 8.03. The molecule has 0 saturated carbocycles. The van der Waals surface area contributed by atoms with Gasteiger partial charge >= 0.3 is 0 Å². The molecule has 6 nitrogen and oxygen atoms in total. The maximum Gasteiger partial charge on any atom is 0.182 e. The largest absolute Gasteiger partial charge is 0.383 e. The Kier molecular flexibility index (Phi) is 4.81. The summed E-state index contributed by atoms with van der Waals surface area (Å²) in [5.41, 5.74) is 6.07. The van der Waals surface area contributed by atoms with Gasteiger partial charge in [-0.1, -0.05) is 20.3 Å². The first-order valence-electron chi connectivity index (χ1n) is 7.65. The van der Waals surface area contributed by atoms with Crippen molar-refractivity contribution in [2.45, 2.75) is 51.0 Å². The number of nitrogens with two attached hydrogens (primary N) is 1. The van der Waals surface area contributed by atoms with Crippen molar-refractivity contribution in [3.05, 3.63) is 0 Å². The Bertz CT molecular complexity index is 594. The molecule has 7 heteroatoms. The highest BCUT2D eigenvalue weighted by Gasteiger charge is 2.29. The molecule has 0 bridgehead atoms. The van der Waals surface area contributed by atoms with Crippen LogP contribution < -0.4 is 10.6 Å². The van der Waals surface area contributed by atoms with Crippen LogP contribution in [0, 0.1) is 5.92 Å². The molecule has 2 heterocycles. The zero-order chi connectivity index (χ0) is 15.6. The van der Waals surface area contributed by atoms with E-state index in [1.165, 1.54) is 12.7 Å². The molecule has 0 radical (unpaired) electrons. The van der Waals surface area contributed by atoms with Gasteiger partial charge in [0.1, 0.15) is 5.82 Å². The van der Waals surface area contributed by atoms with Crippen LogP contribution in [0.5, 0.6) is 0 Å². The molecule has 1 unspecified atom stereocenters. The number of hydrogen-bond acceptors (Lipinski definition) is 5. The lowest BCUT2D eigenvalue weighted by Crippen LogP contribution is -2.35. The normalized spacial score (nSPS) is 20.0. The number of unbranched alkanes of at least 4 members (excludes halogenated alkanes) is 1. The van der Waals surface area contributed by atoms with Gasteiger partial charge in [0, 0.05) is 25.9 Å². The molecule has 120 valence electrons. The number of anilines is 2. The Hall–Kier alpha value is -1.24. The SMILES string of the molecule is CCCCn1nc(N2CCCC(C)C2)c(S(C)(=O)=O)c1N. The number of aromatic nitrogens is 2. The van der Waals surface area contributed by atoms with Crippen molar-refractivity contribution in [2.75, 3.05) is 30.0 Å². The van der Waals surface area contributed by atoms with E-state index in [1.807, 2.05) is 0 Å². The van der Waals surface area contributed by atoms with Crippen LogP contribution >= 0.6 is 0 Å². The maximum atomic E-state index is 12.1. The van der Waals surface area contributed by atoms with Gasteiger partial charge in [0.2, 0.25) is 0 Å². The van der Waals surface area contributed by atoms with Crippen LogP contribution in [0.3, 0.4) is 0 Å². The number of hydrogen-bond donors (Lipinski definition) is 1. The van der Waals surface area contributed by atoms with E-state index in [2.05, 4.69) is 23.8 Å². The summed E-state index contributed by atoms with van der Waals surface area (Å²) in [6.45, 7) is 6.62. The Morgan fingerprint density at radius 1 is 1.43 bits per heavy atom. The van der Waals surface area contributed by atoms with Gasteiger partial charge in [0.15, 0.2) is 20.6 Å². The lowest BCUT2D eigenvalue weighted by atomic mass is 10.0. The Morgan fingerprint density at radius 3 is 2.71 bits per heavy atom. The second-order valence-electron chi connectivity index (χ2n) is 6.08. The summed E-state index contributed by atoms with van der Waals surface area (Å²) >= 11 is 0. The molecule has 1 aromatic rings. The molecule has 0 aromatic carbocycles. The van der Waals surface area contributed by atoms with Crippen LogP contribution in [0.1, 0.15) is 39.5 Å². The third kappa shape index (κ3) is 3.51. The van der Waals surface area contributed by atoms with E-state index < -0.39 is 9.84 Å². The Morgan fingerprint density at radius 2 is 2.14 bits per heavy atom. The molecule has 1 atom stereocenters. The molecular formula is C14H26N4O2S. The van der Waals surface area contributed by atoms with Gasteiger partial charge in [0.05, 0.1) is 0 Å². The quantitative estimate of drug-likeness (QED) is 0.898. The van der Waals surface area contributed by atoms with Crippen molar-refractivity contribution in [1.29, 1.82) is 0 Å². The highest BCUT2D eigenvalue weighted by atomic mass is 32.2. The summed E-state index contributed by atoms with van der Waals surface area (Å²) in [6, 6.07) is 0. The van der Waals surface area contributed by atoms with E-state index in [9.17, 15) is 8.42 Å². The number of rotatable bonds is 5. The first kappa shape index (κ1) is 16.1. The van der Waals surface area contributed by atoms with Crippen molar-refractivity contribution in [1.82, 2.24) is 9.78 Å². The van der Waals surface area contributed by atoms with Crippen molar-refractivity contribution in [3.8, 4) is 0 Å². The number of aryl methyl sites for hydroxylation is 1. The van der Waals surface area contributed by atoms with Crippen molar-refractivity contribution >= 4 is 21.5 Å². The van der Waals surface area contributed by atoms with E-state index in [4.69, 9.17) is 5.73 Å². The molecule has 1 aliphatic heterocycles. The lowest BCUT2D eigenvalue weighted by molar-refractivity contribution is 0.441. The third-order valence-electron chi connectivity index (χ3n) is 3.98. The van der Waals surface area contributed by atoms with Gasteiger partial charge in [-0.25, -0.2) is 13.1 Å². The van der Waals surface area contributed by atoms with E-state index in [0.717, 1.165) is 32.4 Å². The standard InChI is InChI=1S/C14H26N4O2S/c1-4-5-9-18-13(15)12(21(3,19)20)14(16-18)17-8-6-7-11(2)10-17/h11H,4-10,15H2,1-3H3. The molecule has 1 aromatic heterocycles. The monoisotopic (exact) mass is 314 g/mol. The van der Waals surface area contributed by atoms with Crippen LogP contribution in [0.4, 0.5) is 11.6 Å². The van der Waals surface area contributed by atoms with Gasteiger partial charge in [-0.05, 0) is 25.2 Å². The molecule has 1 aliphatic rings. The number of nitrogen functional groups attached to an aromatic ring is 1. The number of piperidine rings is 1. The van der Waals surface area contributed by atoms with E-state index >= 15 is 0 Å². The van der Waals surface area contributed by atoms with E-state index in [0.29, 0.717) is 18.3 Å². The summed E-state index contributed by atoms with van der Waals surface area (Å²) in [7, 11) is -3.39. The fraction of sp³-hybridized carbons (Fsp3) is 0.786. The highest BCUT2D eigenvalue weighted by Crippen LogP contribution is 2.32. The topological polar surface area (TPSA) is 81.2 Å². The van der Waals surface area contributed by atoms with Gasteiger partial charge < -0.3 is 10.6 Å². The zero-order valence-electron chi connectivity index (χ0n) is 13.2. The summed E-state index contributed by atoms with van der Waals surface area (Å²) in [6.07, 6.45) is 5.40. The molecule has 0 spiro atoms. The molecular weight excluding hydrogens is 288 g/mol. The minimum Gasteiger partial charge on any atom is -0.383 e. The number of nitrogens with zero attached hydrogens (tertiary/aromatic N) is 3. The second kappa shape index (κ2) is 6.25. The molecule has 1 fully saturated rings. The molecule has 0 aliphatic carbocycles. The van der Waals surface area contributed by atoms with Crippen LogP contribution in [-0.4, -0.2) is 37.5 Å². The average molecular weight is 314 g/mol. The smallest absolute Gasteiger partial charge is 0.182 e. The molecule has 0 amide bonds. The van der Waals surface area contributed by atoms with E-state index in [1.54, 1.807) is 4.68 Å². The van der Waals surface area contributed by atoms with Crippen LogP contribution in [-0.2, 0) is 16.4 Å². The fourth-order valence-corrected chi connectivity index (χ4v) is 3.85. The Labute approximate surface area is 127 Å². The van der Waals surface area contributed by atoms with Crippen LogP contribution in [0.15, 0.2) is 4.90 Å². The molecule has 1 saturated heterocycles. The predicted octanol–water partition coefficient (Wildman–Crippen LogP) is 1.91. The first-order chi connectivity index (χ1) is 9.84. The molecule has 2 rings (SSSR count). The van der Waals surface area contributed by atoms with E-state index in [-0.39, 0.29) is 10.7 Å². The average Bonchev–Trinajstić information content (AvgIpc) is 2.73. The minimum atomic E-state index is -3.39. The van der Waals surface area contributed by atoms with Crippen molar-refractivity contribution in [2.24, 2.45) is 5.92 Å². The van der Waals surface area contributed by atoms with Crippen LogP contribution in [0.2, 0.25) is 0 Å². The summed E-state index contributed by atoms with van der Waals surface area (Å²) in [5.74, 6) is 1.37. The van der Waals surface area contributed by atoms with Crippen LogP contribution in [0.25, 0.3) is 0 Å². The van der Waals surface area contributed by atoms with Gasteiger partial charge in [-0.3, -0.25) is 0 Å². The minimum absolute atomic E-state index is 0.202. The summed E-state index contributed by atoms with van der Waals surface area (Å²) in [5, 5.41) is 4.51. The highest BCUT2D eigenvalue weighted by molar-refractivity contribution is 7.91. The summed E-state index contributed by atoms with van der Waals surface area (Å²) in [4.78, 5) is 2.27. The maximum absolute atomic E-state index is 12.1.